The van der Waals surface area contributed by atoms with Gasteiger partial charge in [0.05, 0.1) is 11.4 Å². The molecule has 0 saturated heterocycles. The van der Waals surface area contributed by atoms with Gasteiger partial charge in [0, 0.05) is 11.3 Å². The van der Waals surface area contributed by atoms with Gasteiger partial charge in [-0.1, -0.05) is 13.0 Å². The van der Waals surface area contributed by atoms with Gasteiger partial charge in [0.25, 0.3) is 0 Å². The van der Waals surface area contributed by atoms with Crippen molar-refractivity contribution in [3.8, 4) is 0 Å². The van der Waals surface area contributed by atoms with E-state index in [1.807, 2.05) is 26.0 Å². The second-order valence-electron chi connectivity index (χ2n) is 4.68. The molecule has 0 unspecified atom stereocenters. The Kier molecular flexibility index (Phi) is 3.48. The molecule has 0 aliphatic carbocycles. The average molecular weight is 289 g/mol. The van der Waals surface area contributed by atoms with Gasteiger partial charge in [-0.2, -0.15) is 0 Å². The van der Waals surface area contributed by atoms with Crippen LogP contribution >= 0.6 is 11.8 Å². The first kappa shape index (κ1) is 13.2. The zero-order chi connectivity index (χ0) is 14.1. The SMILES string of the molecule is CCc1nnc(CN2C(=O)CSc3cc(C)ccc32)o1. The van der Waals surface area contributed by atoms with E-state index in [1.165, 1.54) is 5.56 Å². The molecule has 0 radical (unpaired) electrons. The molecule has 3 rings (SSSR count). The van der Waals surface area contributed by atoms with Crippen LogP contribution in [0.1, 0.15) is 24.3 Å². The summed E-state index contributed by atoms with van der Waals surface area (Å²) in [6.07, 6.45) is 0.701. The molecule has 2 aromatic rings. The summed E-state index contributed by atoms with van der Waals surface area (Å²) >= 11 is 1.58. The zero-order valence-corrected chi connectivity index (χ0v) is 12.2. The first-order chi connectivity index (χ1) is 9.67. The van der Waals surface area contributed by atoms with E-state index < -0.39 is 0 Å². The summed E-state index contributed by atoms with van der Waals surface area (Å²) in [6.45, 7) is 4.34. The molecular formula is C14H15N3O2S. The van der Waals surface area contributed by atoms with Crippen molar-refractivity contribution in [2.75, 3.05) is 10.7 Å². The molecule has 6 heteroatoms. The summed E-state index contributed by atoms with van der Waals surface area (Å²) in [4.78, 5) is 15.0. The maximum absolute atomic E-state index is 12.1. The van der Waals surface area contributed by atoms with Crippen LogP contribution in [0.2, 0.25) is 0 Å². The van der Waals surface area contributed by atoms with Crippen LogP contribution < -0.4 is 4.90 Å². The summed E-state index contributed by atoms with van der Waals surface area (Å²) in [5.41, 5.74) is 2.12. The van der Waals surface area contributed by atoms with E-state index in [0.717, 1.165) is 10.6 Å². The van der Waals surface area contributed by atoms with E-state index in [1.54, 1.807) is 16.7 Å². The molecule has 0 spiro atoms. The molecule has 5 nitrogen and oxygen atoms in total. The van der Waals surface area contributed by atoms with E-state index in [2.05, 4.69) is 16.3 Å². The minimum Gasteiger partial charge on any atom is -0.423 e. The van der Waals surface area contributed by atoms with Crippen molar-refractivity contribution in [1.29, 1.82) is 0 Å². The first-order valence-corrected chi connectivity index (χ1v) is 7.51. The number of thioether (sulfide) groups is 1. The van der Waals surface area contributed by atoms with E-state index in [0.29, 0.717) is 30.5 Å². The highest BCUT2D eigenvalue weighted by Crippen LogP contribution is 2.36. The highest BCUT2D eigenvalue weighted by Gasteiger charge is 2.26. The number of hydrogen-bond donors (Lipinski definition) is 0. The number of anilines is 1. The minimum atomic E-state index is 0.0719. The fourth-order valence-corrected chi connectivity index (χ4v) is 3.15. The summed E-state index contributed by atoms with van der Waals surface area (Å²) in [5.74, 6) is 1.60. The van der Waals surface area contributed by atoms with E-state index in [4.69, 9.17) is 4.42 Å². The number of carbonyl (C=O) groups is 1. The van der Waals surface area contributed by atoms with Crippen LogP contribution in [0.4, 0.5) is 5.69 Å². The Balaban J connectivity index is 1.90. The van der Waals surface area contributed by atoms with Crippen molar-refractivity contribution in [1.82, 2.24) is 10.2 Å². The van der Waals surface area contributed by atoms with Gasteiger partial charge in [0.2, 0.25) is 17.7 Å². The van der Waals surface area contributed by atoms with Crippen molar-refractivity contribution < 1.29 is 9.21 Å². The molecule has 0 bridgehead atoms. The number of benzene rings is 1. The summed E-state index contributed by atoms with van der Waals surface area (Å²) in [6, 6.07) is 6.09. The predicted octanol–water partition coefficient (Wildman–Crippen LogP) is 2.58. The number of carbonyl (C=O) groups excluding carboxylic acids is 1. The Morgan fingerprint density at radius 2 is 2.15 bits per heavy atom. The third-order valence-corrected chi connectivity index (χ3v) is 4.19. The van der Waals surface area contributed by atoms with Gasteiger partial charge in [0.15, 0.2) is 0 Å². The Morgan fingerprint density at radius 1 is 1.35 bits per heavy atom. The molecule has 1 aromatic carbocycles. The van der Waals surface area contributed by atoms with Crippen LogP contribution in [-0.2, 0) is 17.8 Å². The smallest absolute Gasteiger partial charge is 0.237 e. The van der Waals surface area contributed by atoms with Crippen LogP contribution in [0.15, 0.2) is 27.5 Å². The van der Waals surface area contributed by atoms with E-state index >= 15 is 0 Å². The lowest BCUT2D eigenvalue weighted by Crippen LogP contribution is -2.34. The molecule has 104 valence electrons. The monoisotopic (exact) mass is 289 g/mol. The zero-order valence-electron chi connectivity index (χ0n) is 11.4. The third kappa shape index (κ3) is 2.43. The Hall–Kier alpha value is -1.82. The summed E-state index contributed by atoms with van der Waals surface area (Å²) < 4.78 is 5.50. The molecule has 1 aromatic heterocycles. The Bertz CT molecular complexity index is 654. The average Bonchev–Trinajstić information content (AvgIpc) is 2.90. The molecule has 2 heterocycles. The molecule has 1 aliphatic heterocycles. The predicted molar refractivity (Wildman–Crippen MR) is 76.8 cm³/mol. The molecule has 1 aliphatic rings. The fraction of sp³-hybridized carbons (Fsp3) is 0.357. The highest BCUT2D eigenvalue weighted by atomic mass is 32.2. The van der Waals surface area contributed by atoms with E-state index in [9.17, 15) is 4.79 Å². The Morgan fingerprint density at radius 3 is 2.90 bits per heavy atom. The second-order valence-corrected chi connectivity index (χ2v) is 5.70. The summed E-state index contributed by atoms with van der Waals surface area (Å²) in [7, 11) is 0. The van der Waals surface area contributed by atoms with E-state index in [-0.39, 0.29) is 5.91 Å². The van der Waals surface area contributed by atoms with Gasteiger partial charge < -0.3 is 9.32 Å². The molecular weight excluding hydrogens is 274 g/mol. The maximum atomic E-state index is 12.1. The number of aromatic nitrogens is 2. The molecule has 0 N–H and O–H groups in total. The molecule has 20 heavy (non-hydrogen) atoms. The summed E-state index contributed by atoms with van der Waals surface area (Å²) in [5, 5.41) is 7.92. The van der Waals surface area contributed by atoms with Gasteiger partial charge in [-0.15, -0.1) is 22.0 Å². The van der Waals surface area contributed by atoms with Crippen molar-refractivity contribution in [2.24, 2.45) is 0 Å². The number of fused-ring (bicyclic) bond motifs is 1. The number of nitrogens with zero attached hydrogens (tertiary/aromatic N) is 3. The van der Waals surface area contributed by atoms with Gasteiger partial charge in [-0.05, 0) is 24.6 Å². The maximum Gasteiger partial charge on any atom is 0.237 e. The highest BCUT2D eigenvalue weighted by molar-refractivity contribution is 8.00. The fourth-order valence-electron chi connectivity index (χ4n) is 2.12. The second kappa shape index (κ2) is 5.28. The standard InChI is InChI=1S/C14H15N3O2S/c1-3-12-15-16-13(19-12)7-17-10-5-4-9(2)6-11(10)20-8-14(17)18/h4-6H,3,7-8H2,1-2H3. The topological polar surface area (TPSA) is 59.2 Å². The van der Waals surface area contributed by atoms with Crippen LogP contribution in [0.5, 0.6) is 0 Å². The van der Waals surface area contributed by atoms with Crippen molar-refractivity contribution in [3.05, 3.63) is 35.5 Å². The number of amides is 1. The van der Waals surface area contributed by atoms with Crippen LogP contribution in [0, 0.1) is 6.92 Å². The largest absolute Gasteiger partial charge is 0.423 e. The molecule has 0 fully saturated rings. The van der Waals surface area contributed by atoms with Crippen molar-refractivity contribution in [3.63, 3.8) is 0 Å². The molecule has 1 amide bonds. The van der Waals surface area contributed by atoms with Crippen LogP contribution in [0.3, 0.4) is 0 Å². The minimum absolute atomic E-state index is 0.0719. The third-order valence-electron chi connectivity index (χ3n) is 3.16. The molecule has 0 saturated carbocycles. The van der Waals surface area contributed by atoms with Crippen molar-refractivity contribution >= 4 is 23.4 Å². The van der Waals surface area contributed by atoms with Crippen LogP contribution in [-0.4, -0.2) is 21.9 Å². The Labute approximate surface area is 121 Å². The van der Waals surface area contributed by atoms with Gasteiger partial charge >= 0.3 is 0 Å². The van der Waals surface area contributed by atoms with Crippen molar-refractivity contribution in [2.45, 2.75) is 31.7 Å². The van der Waals surface area contributed by atoms with Gasteiger partial charge in [-0.25, -0.2) is 0 Å². The number of aryl methyl sites for hydroxylation is 2. The van der Waals surface area contributed by atoms with Gasteiger partial charge in [0.1, 0.15) is 6.54 Å². The lowest BCUT2D eigenvalue weighted by Gasteiger charge is -2.28. The number of hydrogen-bond acceptors (Lipinski definition) is 5. The molecule has 0 atom stereocenters. The van der Waals surface area contributed by atoms with Gasteiger partial charge in [-0.3, -0.25) is 4.79 Å². The van der Waals surface area contributed by atoms with Crippen LogP contribution in [0.25, 0.3) is 0 Å². The lowest BCUT2D eigenvalue weighted by atomic mass is 10.2. The normalized spacial score (nSPS) is 14.5. The lowest BCUT2D eigenvalue weighted by molar-refractivity contribution is -0.116. The quantitative estimate of drug-likeness (QED) is 0.869. The number of rotatable bonds is 3. The first-order valence-electron chi connectivity index (χ1n) is 6.52.